The van der Waals surface area contributed by atoms with E-state index >= 15 is 0 Å². The van der Waals surface area contributed by atoms with Crippen molar-refractivity contribution in [3.63, 3.8) is 0 Å². The number of aromatic hydroxyl groups is 1. The number of phenols is 1. The smallest absolute Gasteiger partial charge is 0.340 e. The second kappa shape index (κ2) is 5.27. The first-order valence-electron chi connectivity index (χ1n) is 8.58. The topological polar surface area (TPSA) is 65.0 Å². The summed E-state index contributed by atoms with van der Waals surface area (Å²) < 4.78 is 17.5. The Morgan fingerprint density at radius 3 is 2.63 bits per heavy atom. The molecular weight excluding hydrogens is 344 g/mol. The fourth-order valence-corrected chi connectivity index (χ4v) is 4.11. The Balaban J connectivity index is 1.92. The number of carbonyl (C=O) groups is 1. The predicted molar refractivity (Wildman–Crippen MR) is 97.7 cm³/mol. The van der Waals surface area contributed by atoms with Crippen molar-refractivity contribution in [1.82, 2.24) is 0 Å². The lowest BCUT2D eigenvalue weighted by Gasteiger charge is -2.37. The number of hydrogen-bond acceptors (Lipinski definition) is 5. The van der Waals surface area contributed by atoms with Crippen molar-refractivity contribution >= 4 is 5.97 Å². The largest absolute Gasteiger partial charge is 0.508 e. The molecule has 1 spiro atoms. The molecule has 2 heterocycles. The fourth-order valence-electron chi connectivity index (χ4n) is 4.11. The molecule has 0 saturated heterocycles. The van der Waals surface area contributed by atoms with Gasteiger partial charge in [0.25, 0.3) is 0 Å². The molecule has 5 nitrogen and oxygen atoms in total. The van der Waals surface area contributed by atoms with E-state index in [1.807, 2.05) is 31.2 Å². The van der Waals surface area contributed by atoms with E-state index in [4.69, 9.17) is 14.2 Å². The van der Waals surface area contributed by atoms with Crippen molar-refractivity contribution < 1.29 is 24.1 Å². The average molecular weight is 360 g/mol. The third-order valence-corrected chi connectivity index (χ3v) is 5.20. The van der Waals surface area contributed by atoms with Gasteiger partial charge in [-0.15, -0.1) is 0 Å². The number of methoxy groups -OCH3 is 1. The van der Waals surface area contributed by atoms with Gasteiger partial charge in [-0.3, -0.25) is 0 Å². The molecule has 0 amide bonds. The van der Waals surface area contributed by atoms with Gasteiger partial charge in [0.1, 0.15) is 23.0 Å². The fraction of sp³-hybridized carbons (Fsp3) is 0.136. The third kappa shape index (κ3) is 1.96. The van der Waals surface area contributed by atoms with Crippen LogP contribution in [0.2, 0.25) is 0 Å². The summed E-state index contributed by atoms with van der Waals surface area (Å²) in [6.07, 6.45) is 0. The molecule has 5 heteroatoms. The number of hydrogen-bond donors (Lipinski definition) is 1. The maximum atomic E-state index is 12.7. The van der Waals surface area contributed by atoms with E-state index in [0.717, 1.165) is 16.7 Å². The minimum atomic E-state index is -1.12. The molecule has 0 fully saturated rings. The lowest BCUT2D eigenvalue weighted by atomic mass is 9.76. The molecule has 1 atom stereocenters. The van der Waals surface area contributed by atoms with E-state index in [9.17, 15) is 9.90 Å². The molecule has 1 N–H and O–H groups in total. The first kappa shape index (κ1) is 15.8. The number of fused-ring (bicyclic) bond motifs is 6. The van der Waals surface area contributed by atoms with Crippen molar-refractivity contribution in [3.05, 3.63) is 82.4 Å². The number of benzene rings is 3. The Hall–Kier alpha value is -3.47. The highest BCUT2D eigenvalue weighted by Crippen LogP contribution is 2.57. The second-order valence-electron chi connectivity index (χ2n) is 6.72. The number of carbonyl (C=O) groups excluding carboxylic acids is 1. The maximum absolute atomic E-state index is 12.7. The molecule has 0 aromatic heterocycles. The van der Waals surface area contributed by atoms with E-state index in [2.05, 4.69) is 0 Å². The number of ether oxygens (including phenoxy) is 3. The number of esters is 1. The monoisotopic (exact) mass is 360 g/mol. The Morgan fingerprint density at radius 1 is 1.00 bits per heavy atom. The Labute approximate surface area is 155 Å². The van der Waals surface area contributed by atoms with Crippen molar-refractivity contribution in [2.45, 2.75) is 12.5 Å². The van der Waals surface area contributed by atoms with Crippen LogP contribution in [0.15, 0.2) is 54.6 Å². The standard InChI is InChI=1S/C22H16O5/c1-12-9-14(25-2)11-19-20(12)22(17-8-7-13(23)10-18(17)26-19)16-6-4-3-5-15(16)21(24)27-22/h3-11,23H,1-2H3. The summed E-state index contributed by atoms with van der Waals surface area (Å²) in [5, 5.41) is 9.96. The van der Waals surface area contributed by atoms with Crippen molar-refractivity contribution in [3.8, 4) is 23.0 Å². The molecule has 0 aliphatic carbocycles. The molecule has 2 aliphatic heterocycles. The minimum Gasteiger partial charge on any atom is -0.508 e. The summed E-state index contributed by atoms with van der Waals surface area (Å²) in [5.41, 5.74) is 2.49. The number of rotatable bonds is 1. The van der Waals surface area contributed by atoms with Crippen LogP contribution in [0, 0.1) is 6.92 Å². The summed E-state index contributed by atoms with van der Waals surface area (Å²) in [6, 6.07) is 15.9. The second-order valence-corrected chi connectivity index (χ2v) is 6.72. The van der Waals surface area contributed by atoms with Crippen LogP contribution in [0.1, 0.15) is 32.6 Å². The van der Waals surface area contributed by atoms with Crippen molar-refractivity contribution in [2.24, 2.45) is 0 Å². The van der Waals surface area contributed by atoms with Gasteiger partial charge in [-0.1, -0.05) is 18.2 Å². The van der Waals surface area contributed by atoms with Gasteiger partial charge in [0.15, 0.2) is 5.60 Å². The van der Waals surface area contributed by atoms with E-state index in [1.54, 1.807) is 31.4 Å². The molecule has 0 saturated carbocycles. The van der Waals surface area contributed by atoms with Crippen LogP contribution in [0.3, 0.4) is 0 Å². The molecule has 134 valence electrons. The van der Waals surface area contributed by atoms with Gasteiger partial charge in [-0.2, -0.15) is 0 Å². The Kier molecular flexibility index (Phi) is 3.07. The Bertz CT molecular complexity index is 1120. The molecule has 0 radical (unpaired) electrons. The van der Waals surface area contributed by atoms with Crippen LogP contribution in [0.25, 0.3) is 0 Å². The summed E-state index contributed by atoms with van der Waals surface area (Å²) in [4.78, 5) is 12.7. The first-order valence-corrected chi connectivity index (χ1v) is 8.58. The maximum Gasteiger partial charge on any atom is 0.340 e. The normalized spacial score (nSPS) is 19.0. The highest BCUT2D eigenvalue weighted by molar-refractivity contribution is 5.97. The van der Waals surface area contributed by atoms with Gasteiger partial charge >= 0.3 is 5.97 Å². The average Bonchev–Trinajstić information content (AvgIpc) is 2.94. The molecule has 3 aromatic rings. The minimum absolute atomic E-state index is 0.0737. The van der Waals surface area contributed by atoms with Gasteiger partial charge in [0, 0.05) is 23.3 Å². The van der Waals surface area contributed by atoms with Crippen LogP contribution in [0.4, 0.5) is 0 Å². The van der Waals surface area contributed by atoms with Gasteiger partial charge in [0.2, 0.25) is 0 Å². The molecule has 5 rings (SSSR count). The number of aryl methyl sites for hydroxylation is 1. The van der Waals surface area contributed by atoms with Gasteiger partial charge < -0.3 is 19.3 Å². The lowest BCUT2D eigenvalue weighted by molar-refractivity contribution is 0.0222. The lowest BCUT2D eigenvalue weighted by Crippen LogP contribution is -2.33. The molecule has 3 aromatic carbocycles. The van der Waals surface area contributed by atoms with Crippen LogP contribution in [-0.4, -0.2) is 18.2 Å². The van der Waals surface area contributed by atoms with Gasteiger partial charge in [-0.05, 0) is 36.8 Å². The molecule has 27 heavy (non-hydrogen) atoms. The highest BCUT2D eigenvalue weighted by Gasteiger charge is 2.54. The summed E-state index contributed by atoms with van der Waals surface area (Å²) in [6.45, 7) is 1.94. The van der Waals surface area contributed by atoms with E-state index in [0.29, 0.717) is 28.4 Å². The predicted octanol–water partition coefficient (Wildman–Crippen LogP) is 4.28. The Morgan fingerprint density at radius 2 is 1.81 bits per heavy atom. The van der Waals surface area contributed by atoms with Crippen LogP contribution in [-0.2, 0) is 10.3 Å². The molecule has 1 unspecified atom stereocenters. The van der Waals surface area contributed by atoms with Crippen LogP contribution < -0.4 is 9.47 Å². The van der Waals surface area contributed by atoms with E-state index in [1.165, 1.54) is 6.07 Å². The zero-order chi connectivity index (χ0) is 18.8. The SMILES string of the molecule is COc1cc(C)c2c(c1)Oc1cc(O)ccc1C21OC(=O)c2ccccc21. The van der Waals surface area contributed by atoms with E-state index in [-0.39, 0.29) is 11.7 Å². The quantitative estimate of drug-likeness (QED) is 0.656. The highest BCUT2D eigenvalue weighted by atomic mass is 16.6. The van der Waals surface area contributed by atoms with Gasteiger partial charge in [0.05, 0.1) is 18.2 Å². The summed E-state index contributed by atoms with van der Waals surface area (Å²) >= 11 is 0. The zero-order valence-electron chi connectivity index (χ0n) is 14.8. The number of phenolic OH excluding ortho intramolecular Hbond substituents is 1. The van der Waals surface area contributed by atoms with Crippen molar-refractivity contribution in [1.29, 1.82) is 0 Å². The van der Waals surface area contributed by atoms with E-state index < -0.39 is 5.60 Å². The molecule has 0 bridgehead atoms. The first-order chi connectivity index (χ1) is 13.0. The molecule has 2 aliphatic rings. The summed E-state index contributed by atoms with van der Waals surface area (Å²) in [5.74, 6) is 1.31. The third-order valence-electron chi connectivity index (χ3n) is 5.20. The zero-order valence-corrected chi connectivity index (χ0v) is 14.8. The van der Waals surface area contributed by atoms with Gasteiger partial charge in [-0.25, -0.2) is 4.79 Å². The van der Waals surface area contributed by atoms with Crippen molar-refractivity contribution in [2.75, 3.05) is 7.11 Å². The van der Waals surface area contributed by atoms with Crippen LogP contribution >= 0.6 is 0 Å². The molecular formula is C22H16O5. The van der Waals surface area contributed by atoms with Crippen LogP contribution in [0.5, 0.6) is 23.0 Å². The summed E-state index contributed by atoms with van der Waals surface area (Å²) in [7, 11) is 1.59.